The highest BCUT2D eigenvalue weighted by molar-refractivity contribution is 7.11. The number of nitrogens with zero attached hydrogens (tertiary/aromatic N) is 2. The van der Waals surface area contributed by atoms with Crippen LogP contribution < -0.4 is 0 Å². The highest BCUT2D eigenvalue weighted by atomic mass is 35.5. The van der Waals surface area contributed by atoms with Crippen LogP contribution in [0.15, 0.2) is 5.51 Å². The number of rotatable bonds is 2. The summed E-state index contributed by atoms with van der Waals surface area (Å²) in [6.45, 7) is 6.94. The van der Waals surface area contributed by atoms with Crippen molar-refractivity contribution in [2.24, 2.45) is 0 Å². The standard InChI is InChI=1S/C12H17ClN2O2S/c1-8-10(18-7-14-8)11(16)15-5-9(4-13)17-12(2,3)6-15/h7,9H,4-6H2,1-3H3. The van der Waals surface area contributed by atoms with Crippen LogP contribution >= 0.6 is 22.9 Å². The predicted octanol–water partition coefficient (Wildman–Crippen LogP) is 2.31. The van der Waals surface area contributed by atoms with Crippen LogP contribution in [0.1, 0.15) is 29.2 Å². The molecular weight excluding hydrogens is 272 g/mol. The lowest BCUT2D eigenvalue weighted by Gasteiger charge is -2.42. The molecule has 0 radical (unpaired) electrons. The van der Waals surface area contributed by atoms with Crippen molar-refractivity contribution in [2.75, 3.05) is 19.0 Å². The second-order valence-corrected chi connectivity index (χ2v) is 6.27. The molecule has 0 saturated carbocycles. The maximum absolute atomic E-state index is 12.4. The lowest BCUT2D eigenvalue weighted by molar-refractivity contribution is -0.117. The molecule has 0 bridgehead atoms. The Balaban J connectivity index is 2.17. The van der Waals surface area contributed by atoms with Gasteiger partial charge in [-0.2, -0.15) is 0 Å². The maximum Gasteiger partial charge on any atom is 0.266 e. The summed E-state index contributed by atoms with van der Waals surface area (Å²) < 4.78 is 5.81. The summed E-state index contributed by atoms with van der Waals surface area (Å²) in [5.74, 6) is 0.427. The number of aryl methyl sites for hydroxylation is 1. The Morgan fingerprint density at radius 3 is 3.00 bits per heavy atom. The zero-order chi connectivity index (χ0) is 13.3. The molecule has 1 aliphatic rings. The summed E-state index contributed by atoms with van der Waals surface area (Å²) in [7, 11) is 0. The van der Waals surface area contributed by atoms with Crippen molar-refractivity contribution in [2.45, 2.75) is 32.5 Å². The number of carbonyl (C=O) groups excluding carboxylic acids is 1. The van der Waals surface area contributed by atoms with E-state index < -0.39 is 0 Å². The molecule has 2 heterocycles. The number of thiazole rings is 1. The van der Waals surface area contributed by atoms with Crippen LogP contribution in [0.25, 0.3) is 0 Å². The van der Waals surface area contributed by atoms with Crippen molar-refractivity contribution in [1.82, 2.24) is 9.88 Å². The fraction of sp³-hybridized carbons (Fsp3) is 0.667. The third kappa shape index (κ3) is 2.84. The number of halogens is 1. The predicted molar refractivity (Wildman–Crippen MR) is 72.4 cm³/mol. The third-order valence-electron chi connectivity index (χ3n) is 2.88. The molecule has 1 aromatic heterocycles. The first-order chi connectivity index (χ1) is 8.43. The van der Waals surface area contributed by atoms with Crippen LogP contribution in [-0.4, -0.2) is 46.5 Å². The number of aromatic nitrogens is 1. The van der Waals surface area contributed by atoms with E-state index in [0.29, 0.717) is 23.8 Å². The SMILES string of the molecule is Cc1ncsc1C(=O)N1CC(CCl)OC(C)(C)C1. The number of morpholine rings is 1. The first-order valence-electron chi connectivity index (χ1n) is 5.86. The second kappa shape index (κ2) is 5.15. The van der Waals surface area contributed by atoms with Gasteiger partial charge in [-0.15, -0.1) is 22.9 Å². The molecule has 0 N–H and O–H groups in total. The van der Waals surface area contributed by atoms with Gasteiger partial charge in [0.1, 0.15) is 4.88 Å². The summed E-state index contributed by atoms with van der Waals surface area (Å²) in [5.41, 5.74) is 2.14. The fourth-order valence-electron chi connectivity index (χ4n) is 2.18. The van der Waals surface area contributed by atoms with Crippen LogP contribution in [0, 0.1) is 6.92 Å². The van der Waals surface area contributed by atoms with Crippen LogP contribution in [-0.2, 0) is 4.74 Å². The van der Waals surface area contributed by atoms with Crippen molar-refractivity contribution in [3.8, 4) is 0 Å². The highest BCUT2D eigenvalue weighted by Crippen LogP contribution is 2.24. The minimum absolute atomic E-state index is 0.0292. The van der Waals surface area contributed by atoms with Gasteiger partial charge >= 0.3 is 0 Å². The molecule has 4 nitrogen and oxygen atoms in total. The molecule has 18 heavy (non-hydrogen) atoms. The quantitative estimate of drug-likeness (QED) is 0.784. The Kier molecular flexibility index (Phi) is 3.94. The van der Waals surface area contributed by atoms with Gasteiger partial charge in [-0.25, -0.2) is 4.98 Å². The molecule has 0 aliphatic carbocycles. The van der Waals surface area contributed by atoms with E-state index in [1.54, 1.807) is 5.51 Å². The Hall–Kier alpha value is -0.650. The summed E-state index contributed by atoms with van der Waals surface area (Å²) >= 11 is 7.25. The average molecular weight is 289 g/mol. The number of amides is 1. The van der Waals surface area contributed by atoms with Gasteiger partial charge in [0.15, 0.2) is 0 Å². The summed E-state index contributed by atoms with van der Waals surface area (Å²) in [5, 5.41) is 0. The topological polar surface area (TPSA) is 42.4 Å². The van der Waals surface area contributed by atoms with E-state index in [1.165, 1.54) is 11.3 Å². The number of hydrogen-bond acceptors (Lipinski definition) is 4. The summed E-state index contributed by atoms with van der Waals surface area (Å²) in [4.78, 5) is 19.1. The zero-order valence-corrected chi connectivity index (χ0v) is 12.3. The lowest BCUT2D eigenvalue weighted by atomic mass is 10.1. The number of ether oxygens (including phenoxy) is 1. The molecule has 0 aromatic carbocycles. The molecule has 6 heteroatoms. The zero-order valence-electron chi connectivity index (χ0n) is 10.8. The van der Waals surface area contributed by atoms with Crippen molar-refractivity contribution in [3.05, 3.63) is 16.1 Å². The lowest BCUT2D eigenvalue weighted by Crippen LogP contribution is -2.55. The first kappa shape index (κ1) is 13.8. The minimum atomic E-state index is -0.355. The molecule has 1 fully saturated rings. The van der Waals surface area contributed by atoms with Gasteiger partial charge in [-0.1, -0.05) is 0 Å². The van der Waals surface area contributed by atoms with Crippen molar-refractivity contribution in [1.29, 1.82) is 0 Å². The highest BCUT2D eigenvalue weighted by Gasteiger charge is 2.36. The van der Waals surface area contributed by atoms with Crippen LogP contribution in [0.4, 0.5) is 0 Å². The van der Waals surface area contributed by atoms with E-state index in [1.807, 2.05) is 25.7 Å². The van der Waals surface area contributed by atoms with E-state index in [4.69, 9.17) is 16.3 Å². The number of carbonyl (C=O) groups is 1. The maximum atomic E-state index is 12.4. The summed E-state index contributed by atoms with van der Waals surface area (Å²) in [6, 6.07) is 0. The summed E-state index contributed by atoms with van der Waals surface area (Å²) in [6.07, 6.45) is -0.104. The Labute approximate surface area is 116 Å². The second-order valence-electron chi connectivity index (χ2n) is 5.11. The average Bonchev–Trinajstić information content (AvgIpc) is 2.72. The van der Waals surface area contributed by atoms with E-state index in [0.717, 1.165) is 5.69 Å². The van der Waals surface area contributed by atoms with E-state index in [9.17, 15) is 4.79 Å². The fourth-order valence-corrected chi connectivity index (χ4v) is 3.11. The molecule has 1 atom stereocenters. The molecule has 1 unspecified atom stereocenters. The van der Waals surface area contributed by atoms with Crippen LogP contribution in [0.3, 0.4) is 0 Å². The molecule has 1 saturated heterocycles. The number of alkyl halides is 1. The molecular formula is C12H17ClN2O2S. The van der Waals surface area contributed by atoms with Crippen molar-refractivity contribution in [3.63, 3.8) is 0 Å². The van der Waals surface area contributed by atoms with Crippen molar-refractivity contribution < 1.29 is 9.53 Å². The third-order valence-corrected chi connectivity index (χ3v) is 4.14. The van der Waals surface area contributed by atoms with Gasteiger partial charge in [-0.3, -0.25) is 4.79 Å². The van der Waals surface area contributed by atoms with Crippen LogP contribution in [0.5, 0.6) is 0 Å². The van der Waals surface area contributed by atoms with E-state index in [2.05, 4.69) is 4.98 Å². The normalized spacial score (nSPS) is 23.1. The molecule has 1 aromatic rings. The van der Waals surface area contributed by atoms with E-state index >= 15 is 0 Å². The van der Waals surface area contributed by atoms with Gasteiger partial charge in [0.05, 0.1) is 28.8 Å². The van der Waals surface area contributed by atoms with Gasteiger partial charge in [0.25, 0.3) is 5.91 Å². The van der Waals surface area contributed by atoms with E-state index in [-0.39, 0.29) is 17.6 Å². The molecule has 100 valence electrons. The Morgan fingerprint density at radius 2 is 2.44 bits per heavy atom. The Bertz CT molecular complexity index is 447. The number of hydrogen-bond donors (Lipinski definition) is 0. The molecule has 1 amide bonds. The van der Waals surface area contributed by atoms with Crippen LogP contribution in [0.2, 0.25) is 0 Å². The van der Waals surface area contributed by atoms with Crippen molar-refractivity contribution >= 4 is 28.8 Å². The largest absolute Gasteiger partial charge is 0.367 e. The minimum Gasteiger partial charge on any atom is -0.367 e. The molecule has 2 rings (SSSR count). The molecule has 1 aliphatic heterocycles. The smallest absolute Gasteiger partial charge is 0.266 e. The first-order valence-corrected chi connectivity index (χ1v) is 7.27. The van der Waals surface area contributed by atoms with Gasteiger partial charge in [0, 0.05) is 13.1 Å². The monoisotopic (exact) mass is 288 g/mol. The Morgan fingerprint density at radius 1 is 1.72 bits per heavy atom. The van der Waals surface area contributed by atoms with Gasteiger partial charge in [0.2, 0.25) is 0 Å². The van der Waals surface area contributed by atoms with Gasteiger partial charge < -0.3 is 9.64 Å². The van der Waals surface area contributed by atoms with Gasteiger partial charge in [-0.05, 0) is 20.8 Å². The molecule has 0 spiro atoms.